The maximum atomic E-state index is 6.51. The van der Waals surface area contributed by atoms with Crippen molar-refractivity contribution in [1.82, 2.24) is 0 Å². The summed E-state index contributed by atoms with van der Waals surface area (Å²) >= 11 is 0. The van der Waals surface area contributed by atoms with E-state index < -0.39 is 0 Å². The topological polar surface area (TPSA) is 16.4 Å². The fourth-order valence-corrected chi connectivity index (χ4v) is 7.73. The monoisotopic (exact) mass is 663 g/mol. The van der Waals surface area contributed by atoms with Crippen molar-refractivity contribution in [3.63, 3.8) is 0 Å². The molecule has 0 aliphatic rings. The third-order valence-electron chi connectivity index (χ3n) is 10.3. The van der Waals surface area contributed by atoms with Gasteiger partial charge in [-0.1, -0.05) is 152 Å². The minimum Gasteiger partial charge on any atom is -0.455 e. The van der Waals surface area contributed by atoms with E-state index in [0.717, 1.165) is 55.5 Å². The molecule has 0 amide bonds. The summed E-state index contributed by atoms with van der Waals surface area (Å²) in [6.45, 7) is 0. The molecular weight excluding hydrogens is 631 g/mol. The Hall–Kier alpha value is -6.90. The van der Waals surface area contributed by atoms with E-state index >= 15 is 0 Å². The fraction of sp³-hybridized carbons (Fsp3) is 0. The molecule has 9 aromatic carbocycles. The second-order valence-electron chi connectivity index (χ2n) is 13.3. The van der Waals surface area contributed by atoms with Crippen LogP contribution in [0.4, 0.5) is 17.1 Å². The predicted molar refractivity (Wildman–Crippen MR) is 220 cm³/mol. The van der Waals surface area contributed by atoms with E-state index in [4.69, 9.17) is 4.42 Å². The fourth-order valence-electron chi connectivity index (χ4n) is 7.73. The zero-order valence-corrected chi connectivity index (χ0v) is 28.4. The molecule has 244 valence electrons. The van der Waals surface area contributed by atoms with Gasteiger partial charge in [0.25, 0.3) is 0 Å². The number of hydrogen-bond acceptors (Lipinski definition) is 2. The van der Waals surface area contributed by atoms with E-state index in [-0.39, 0.29) is 0 Å². The van der Waals surface area contributed by atoms with Crippen LogP contribution in [0.15, 0.2) is 205 Å². The molecule has 10 rings (SSSR count). The quantitative estimate of drug-likeness (QED) is 0.176. The third kappa shape index (κ3) is 5.12. The van der Waals surface area contributed by atoms with Crippen LogP contribution in [-0.4, -0.2) is 0 Å². The summed E-state index contributed by atoms with van der Waals surface area (Å²) in [4.78, 5) is 2.37. The predicted octanol–water partition coefficient (Wildman–Crippen LogP) is 14.4. The van der Waals surface area contributed by atoms with Crippen LogP contribution in [0.1, 0.15) is 0 Å². The maximum absolute atomic E-state index is 6.51. The van der Waals surface area contributed by atoms with Crippen molar-refractivity contribution in [3.05, 3.63) is 200 Å². The largest absolute Gasteiger partial charge is 0.455 e. The molecule has 0 aliphatic carbocycles. The molecular formula is C50H33NO. The minimum absolute atomic E-state index is 0.903. The van der Waals surface area contributed by atoms with E-state index in [1.54, 1.807) is 0 Å². The van der Waals surface area contributed by atoms with Gasteiger partial charge in [0.1, 0.15) is 11.2 Å². The zero-order valence-electron chi connectivity index (χ0n) is 28.4. The van der Waals surface area contributed by atoms with Gasteiger partial charge in [0, 0.05) is 32.9 Å². The summed E-state index contributed by atoms with van der Waals surface area (Å²) in [5, 5.41) is 7.02. The smallest absolute Gasteiger partial charge is 0.143 e. The van der Waals surface area contributed by atoms with Gasteiger partial charge >= 0.3 is 0 Å². The molecule has 0 N–H and O–H groups in total. The number of rotatable bonds is 6. The summed E-state index contributed by atoms with van der Waals surface area (Å²) < 4.78 is 6.51. The Balaban J connectivity index is 1.07. The van der Waals surface area contributed by atoms with Gasteiger partial charge in [-0.2, -0.15) is 0 Å². The SMILES string of the molecule is c1ccc(-c2cccc(-c3ccc(N(c4ccc(-c5cccc6oc7c8ccccc8ccc7c56)cc4)c4cccc5ccccc45)cc3)c2)cc1. The van der Waals surface area contributed by atoms with Gasteiger partial charge < -0.3 is 9.32 Å². The summed E-state index contributed by atoms with van der Waals surface area (Å²) in [5.41, 5.74) is 12.3. The van der Waals surface area contributed by atoms with E-state index in [0.29, 0.717) is 0 Å². The molecule has 1 aromatic heterocycles. The molecule has 2 heteroatoms. The molecule has 0 bridgehead atoms. The third-order valence-corrected chi connectivity index (χ3v) is 10.3. The summed E-state index contributed by atoms with van der Waals surface area (Å²) in [7, 11) is 0. The number of fused-ring (bicyclic) bond motifs is 6. The Bertz CT molecular complexity index is 2880. The minimum atomic E-state index is 0.903. The molecule has 0 unspecified atom stereocenters. The normalized spacial score (nSPS) is 11.5. The molecule has 52 heavy (non-hydrogen) atoms. The highest BCUT2D eigenvalue weighted by Crippen LogP contribution is 2.43. The second kappa shape index (κ2) is 12.5. The first-order valence-corrected chi connectivity index (χ1v) is 17.8. The number of hydrogen-bond donors (Lipinski definition) is 0. The summed E-state index contributed by atoms with van der Waals surface area (Å²) in [5.74, 6) is 0. The Kier molecular flexibility index (Phi) is 7.18. The first kappa shape index (κ1) is 30.0. The van der Waals surface area contributed by atoms with Crippen molar-refractivity contribution in [2.75, 3.05) is 4.90 Å². The van der Waals surface area contributed by atoms with Crippen LogP contribution >= 0.6 is 0 Å². The van der Waals surface area contributed by atoms with Crippen LogP contribution in [0.3, 0.4) is 0 Å². The lowest BCUT2D eigenvalue weighted by molar-refractivity contribution is 0.673. The van der Waals surface area contributed by atoms with Crippen molar-refractivity contribution < 1.29 is 4.42 Å². The summed E-state index contributed by atoms with van der Waals surface area (Å²) in [6, 6.07) is 71.6. The lowest BCUT2D eigenvalue weighted by Crippen LogP contribution is -2.10. The Labute approximate surface area is 302 Å². The zero-order chi connectivity index (χ0) is 34.4. The molecule has 0 saturated carbocycles. The van der Waals surface area contributed by atoms with Crippen molar-refractivity contribution in [2.24, 2.45) is 0 Å². The number of furan rings is 1. The Morgan fingerprint density at radius 3 is 1.65 bits per heavy atom. The van der Waals surface area contributed by atoms with E-state index in [9.17, 15) is 0 Å². The van der Waals surface area contributed by atoms with Crippen LogP contribution < -0.4 is 4.90 Å². The van der Waals surface area contributed by atoms with Gasteiger partial charge in [0.2, 0.25) is 0 Å². The second-order valence-corrected chi connectivity index (χ2v) is 13.3. The van der Waals surface area contributed by atoms with Crippen molar-refractivity contribution in [1.29, 1.82) is 0 Å². The van der Waals surface area contributed by atoms with Crippen molar-refractivity contribution in [2.45, 2.75) is 0 Å². The number of nitrogens with zero attached hydrogens (tertiary/aromatic N) is 1. The molecule has 10 aromatic rings. The van der Waals surface area contributed by atoms with Crippen molar-refractivity contribution in [3.8, 4) is 33.4 Å². The molecule has 0 atom stereocenters. The van der Waals surface area contributed by atoms with Crippen LogP contribution in [0.25, 0.3) is 76.9 Å². The van der Waals surface area contributed by atoms with Crippen LogP contribution in [-0.2, 0) is 0 Å². The molecule has 0 spiro atoms. The first-order chi connectivity index (χ1) is 25.8. The number of benzene rings is 9. The molecule has 1 heterocycles. The molecule has 0 fully saturated rings. The van der Waals surface area contributed by atoms with Crippen LogP contribution in [0, 0.1) is 0 Å². The number of anilines is 3. The van der Waals surface area contributed by atoms with E-state index in [2.05, 4.69) is 205 Å². The standard InChI is InChI=1S/C50H33NO/c1-2-11-34(12-3-1)39-16-8-17-40(33-39)35-23-28-41(29-24-35)51(47-21-9-15-36-13-4-6-18-43(36)47)42-30-25-38(26-31-42)44-20-10-22-48-49(44)46-32-27-37-14-5-7-19-45(37)50(46)52-48/h1-33H. The maximum Gasteiger partial charge on any atom is 0.143 e. The van der Waals surface area contributed by atoms with Gasteiger partial charge in [-0.25, -0.2) is 0 Å². The van der Waals surface area contributed by atoms with Crippen LogP contribution in [0.2, 0.25) is 0 Å². The Morgan fingerprint density at radius 1 is 0.346 bits per heavy atom. The van der Waals surface area contributed by atoms with Crippen molar-refractivity contribution >= 4 is 60.5 Å². The van der Waals surface area contributed by atoms with Gasteiger partial charge in [0.15, 0.2) is 0 Å². The molecule has 0 saturated heterocycles. The summed E-state index contributed by atoms with van der Waals surface area (Å²) in [6.07, 6.45) is 0. The average Bonchev–Trinajstić information content (AvgIpc) is 3.62. The van der Waals surface area contributed by atoms with Gasteiger partial charge in [-0.05, 0) is 92.7 Å². The first-order valence-electron chi connectivity index (χ1n) is 17.8. The van der Waals surface area contributed by atoms with Gasteiger partial charge in [-0.3, -0.25) is 0 Å². The average molecular weight is 664 g/mol. The highest BCUT2D eigenvalue weighted by atomic mass is 16.3. The van der Waals surface area contributed by atoms with Gasteiger partial charge in [-0.15, -0.1) is 0 Å². The molecule has 0 aliphatic heterocycles. The Morgan fingerprint density at radius 2 is 0.904 bits per heavy atom. The highest BCUT2D eigenvalue weighted by Gasteiger charge is 2.18. The molecule has 2 nitrogen and oxygen atoms in total. The lowest BCUT2D eigenvalue weighted by Gasteiger charge is -2.27. The van der Waals surface area contributed by atoms with E-state index in [1.165, 1.54) is 38.4 Å². The van der Waals surface area contributed by atoms with Crippen LogP contribution in [0.5, 0.6) is 0 Å². The van der Waals surface area contributed by atoms with E-state index in [1.807, 2.05) is 0 Å². The van der Waals surface area contributed by atoms with Gasteiger partial charge in [0.05, 0.1) is 5.69 Å². The molecule has 0 radical (unpaired) electrons. The highest BCUT2D eigenvalue weighted by molar-refractivity contribution is 6.19. The lowest BCUT2D eigenvalue weighted by atomic mass is 9.97.